The number of Topliss-reactive ketones (excluding diaryl/α,β-unsaturated/α-hetero) is 4. The van der Waals surface area contributed by atoms with Crippen LogP contribution in [0, 0.1) is 10.8 Å². The van der Waals surface area contributed by atoms with Crippen molar-refractivity contribution in [3.63, 3.8) is 0 Å². The second kappa shape index (κ2) is 8.62. The third-order valence-electron chi connectivity index (χ3n) is 6.67. The Morgan fingerprint density at radius 1 is 0.882 bits per heavy atom. The van der Waals surface area contributed by atoms with Crippen LogP contribution in [-0.4, -0.2) is 121 Å². The van der Waals surface area contributed by atoms with Gasteiger partial charge in [0.1, 0.15) is 24.8 Å². The highest BCUT2D eigenvalue weighted by Gasteiger charge is 2.73. The molecule has 0 aromatic carbocycles. The Morgan fingerprint density at radius 3 is 1.68 bits per heavy atom. The van der Waals surface area contributed by atoms with Gasteiger partial charge >= 0.3 is 11.9 Å². The lowest BCUT2D eigenvalue weighted by Gasteiger charge is -2.51. The second-order valence-electron chi connectivity index (χ2n) is 11.7. The molecule has 2 N–H and O–H groups in total. The van der Waals surface area contributed by atoms with Crippen molar-refractivity contribution in [1.29, 1.82) is 0 Å². The zero-order chi connectivity index (χ0) is 26.5. The lowest BCUT2D eigenvalue weighted by Crippen LogP contribution is -2.73. The number of carbonyl (C=O) groups excluding carboxylic acids is 4. The van der Waals surface area contributed by atoms with Gasteiger partial charge in [-0.05, 0) is 13.3 Å². The minimum atomic E-state index is -2.60. The standard InChI is InChI=1S/C23H34N2O9/c1-21(13-25(5,6)7,23(20(32)33)14(26)9-8-10-15(23)27)34-18(12-24(2,3)4)22(19(30)31)16(28)11-17(22)29/h18H,8-13H2,1-7H3/p+2. The highest BCUT2D eigenvalue weighted by molar-refractivity contribution is 6.36. The average Bonchev–Trinajstić information content (AvgIpc) is 2.57. The molecule has 0 saturated heterocycles. The molecule has 0 radical (unpaired) electrons. The Morgan fingerprint density at radius 2 is 1.35 bits per heavy atom. The second-order valence-corrected chi connectivity index (χ2v) is 11.7. The molecule has 0 aromatic heterocycles. The van der Waals surface area contributed by atoms with Crippen molar-refractivity contribution < 1.29 is 52.7 Å². The normalized spacial score (nSPS) is 23.1. The Kier molecular flexibility index (Phi) is 7.03. The van der Waals surface area contributed by atoms with E-state index in [9.17, 15) is 39.0 Å². The number of ether oxygens (including phenoxy) is 1. The number of nitrogens with zero attached hydrogens (tertiary/aromatic N) is 2. The fraction of sp³-hybridized carbons (Fsp3) is 0.739. The molecule has 0 bridgehead atoms. The largest absolute Gasteiger partial charge is 0.480 e. The maximum atomic E-state index is 13.2. The summed E-state index contributed by atoms with van der Waals surface area (Å²) in [6, 6.07) is 0. The van der Waals surface area contributed by atoms with E-state index in [1.807, 2.05) is 0 Å². The van der Waals surface area contributed by atoms with Gasteiger partial charge in [-0.25, -0.2) is 0 Å². The lowest BCUT2D eigenvalue weighted by molar-refractivity contribution is -0.882. The first-order valence-electron chi connectivity index (χ1n) is 11.1. The summed E-state index contributed by atoms with van der Waals surface area (Å²) < 4.78 is 6.40. The summed E-state index contributed by atoms with van der Waals surface area (Å²) in [6.07, 6.45) is -2.29. The molecule has 2 atom stereocenters. The quantitative estimate of drug-likeness (QED) is 0.310. The molecule has 2 rings (SSSR count). The Labute approximate surface area is 198 Å². The van der Waals surface area contributed by atoms with E-state index >= 15 is 0 Å². The number of rotatable bonds is 10. The van der Waals surface area contributed by atoms with E-state index in [1.165, 1.54) is 6.92 Å². The van der Waals surface area contributed by atoms with Gasteiger partial charge < -0.3 is 23.9 Å². The molecular weight excluding hydrogens is 448 g/mol. The van der Waals surface area contributed by atoms with Gasteiger partial charge in [-0.1, -0.05) is 0 Å². The summed E-state index contributed by atoms with van der Waals surface area (Å²) >= 11 is 0. The van der Waals surface area contributed by atoms with Crippen LogP contribution in [-0.2, 0) is 33.5 Å². The van der Waals surface area contributed by atoms with E-state index in [0.717, 1.165) is 0 Å². The van der Waals surface area contributed by atoms with Crippen molar-refractivity contribution in [2.24, 2.45) is 10.8 Å². The molecule has 0 spiro atoms. The molecule has 2 fully saturated rings. The number of ketones is 4. The molecule has 11 nitrogen and oxygen atoms in total. The van der Waals surface area contributed by atoms with E-state index in [2.05, 4.69) is 0 Å². The Hall–Kier alpha value is -2.50. The first-order chi connectivity index (χ1) is 15.3. The van der Waals surface area contributed by atoms with E-state index in [1.54, 1.807) is 42.3 Å². The molecule has 2 aliphatic rings. The van der Waals surface area contributed by atoms with Gasteiger partial charge in [-0.3, -0.25) is 28.8 Å². The van der Waals surface area contributed by atoms with Gasteiger partial charge in [-0.15, -0.1) is 0 Å². The summed E-state index contributed by atoms with van der Waals surface area (Å²) in [5.41, 5.74) is -7.18. The summed E-state index contributed by atoms with van der Waals surface area (Å²) in [5.74, 6) is -6.72. The van der Waals surface area contributed by atoms with Crippen LogP contribution in [0.4, 0.5) is 0 Å². The van der Waals surface area contributed by atoms with Crippen molar-refractivity contribution in [1.82, 2.24) is 0 Å². The van der Waals surface area contributed by atoms with E-state index in [0.29, 0.717) is 0 Å². The summed E-state index contributed by atoms with van der Waals surface area (Å²) in [5, 5.41) is 20.3. The SMILES string of the molecule is CC(C[N+](C)(C)C)(OC(C[N+](C)(C)C)C1(C(=O)O)C(=O)CC1=O)C1(C(=O)O)C(=O)CCCC1=O. The summed E-state index contributed by atoms with van der Waals surface area (Å²) in [7, 11) is 10.2. The minimum Gasteiger partial charge on any atom is -0.480 e. The predicted molar refractivity (Wildman–Crippen MR) is 118 cm³/mol. The van der Waals surface area contributed by atoms with Crippen molar-refractivity contribution >= 4 is 35.1 Å². The number of carboxylic acids is 2. The number of carbonyl (C=O) groups is 6. The van der Waals surface area contributed by atoms with Crippen molar-refractivity contribution in [2.75, 3.05) is 55.4 Å². The maximum absolute atomic E-state index is 13.2. The van der Waals surface area contributed by atoms with Gasteiger partial charge in [-0.2, -0.15) is 0 Å². The molecule has 0 heterocycles. The third kappa shape index (κ3) is 4.32. The fourth-order valence-corrected chi connectivity index (χ4v) is 5.43. The number of quaternary nitrogens is 2. The van der Waals surface area contributed by atoms with E-state index < -0.39 is 64.0 Å². The maximum Gasteiger partial charge on any atom is 0.328 e. The van der Waals surface area contributed by atoms with Crippen molar-refractivity contribution in [3.8, 4) is 0 Å². The molecule has 11 heteroatoms. The molecular formula is C23H36N2O9+2. The lowest BCUT2D eigenvalue weighted by atomic mass is 9.59. The van der Waals surface area contributed by atoms with Crippen LogP contribution in [0.3, 0.4) is 0 Å². The third-order valence-corrected chi connectivity index (χ3v) is 6.67. The topological polar surface area (TPSA) is 152 Å². The van der Waals surface area contributed by atoms with Crippen LogP contribution in [0.25, 0.3) is 0 Å². The number of aliphatic carboxylic acids is 2. The molecule has 2 unspecified atom stereocenters. The van der Waals surface area contributed by atoms with Crippen LogP contribution >= 0.6 is 0 Å². The molecule has 190 valence electrons. The van der Waals surface area contributed by atoms with Crippen LogP contribution in [0.15, 0.2) is 0 Å². The fourth-order valence-electron chi connectivity index (χ4n) is 5.43. The zero-order valence-corrected chi connectivity index (χ0v) is 21.0. The predicted octanol–water partition coefficient (Wildman–Crippen LogP) is -0.451. The number of likely N-dealkylation sites (N-methyl/N-ethyl adjacent to an activating group) is 2. The Balaban J connectivity index is 2.82. The van der Waals surface area contributed by atoms with E-state index in [4.69, 9.17) is 4.74 Å². The van der Waals surface area contributed by atoms with Gasteiger partial charge in [0.15, 0.2) is 23.1 Å². The molecule has 0 amide bonds. The highest BCUT2D eigenvalue weighted by Crippen LogP contribution is 2.48. The van der Waals surface area contributed by atoms with Crippen LogP contribution in [0.2, 0.25) is 0 Å². The van der Waals surface area contributed by atoms with Gasteiger partial charge in [0.25, 0.3) is 0 Å². The first-order valence-corrected chi connectivity index (χ1v) is 11.1. The Bertz CT molecular complexity index is 897. The van der Waals surface area contributed by atoms with Gasteiger partial charge in [0.2, 0.25) is 10.8 Å². The van der Waals surface area contributed by atoms with Crippen molar-refractivity contribution in [2.45, 2.75) is 44.3 Å². The summed E-state index contributed by atoms with van der Waals surface area (Å²) in [4.78, 5) is 76.9. The molecule has 0 aromatic rings. The van der Waals surface area contributed by atoms with Crippen molar-refractivity contribution in [3.05, 3.63) is 0 Å². The van der Waals surface area contributed by atoms with Crippen LogP contribution < -0.4 is 0 Å². The number of carboxylic acid groups (broad SMARTS) is 2. The van der Waals surface area contributed by atoms with Crippen LogP contribution in [0.1, 0.15) is 32.6 Å². The molecule has 2 aliphatic carbocycles. The number of hydrogen-bond acceptors (Lipinski definition) is 7. The number of hydrogen-bond donors (Lipinski definition) is 2. The smallest absolute Gasteiger partial charge is 0.328 e. The molecule has 34 heavy (non-hydrogen) atoms. The summed E-state index contributed by atoms with van der Waals surface area (Å²) in [6.45, 7) is 0.967. The average molecular weight is 485 g/mol. The van der Waals surface area contributed by atoms with Gasteiger partial charge in [0, 0.05) is 12.8 Å². The monoisotopic (exact) mass is 484 g/mol. The molecule has 2 saturated carbocycles. The minimum absolute atomic E-state index is 0.0607. The molecule has 0 aliphatic heterocycles. The van der Waals surface area contributed by atoms with E-state index in [-0.39, 0.29) is 41.3 Å². The highest BCUT2D eigenvalue weighted by atomic mass is 16.5. The van der Waals surface area contributed by atoms with Gasteiger partial charge in [0.05, 0.1) is 48.7 Å². The van der Waals surface area contributed by atoms with Crippen LogP contribution in [0.5, 0.6) is 0 Å². The zero-order valence-electron chi connectivity index (χ0n) is 21.0. The first kappa shape index (κ1) is 27.7.